The standard InChI is InChI=1S/C15H24N4O4S/c1-3-11-6-8-12(9-7-11)24(21,22)19-13(14(20)23-2)5-4-10-18-15(16)17/h6-9,13,19H,3-5,10H2,1-2H3,(H4,16,17,18)/t13-/m0/s1. The van der Waals surface area contributed by atoms with E-state index in [1.165, 1.54) is 19.2 Å². The highest BCUT2D eigenvalue weighted by atomic mass is 32.2. The highest BCUT2D eigenvalue weighted by Gasteiger charge is 2.26. The Kier molecular flexibility index (Phi) is 7.66. The van der Waals surface area contributed by atoms with Crippen molar-refractivity contribution >= 4 is 22.0 Å². The van der Waals surface area contributed by atoms with Gasteiger partial charge in [0.25, 0.3) is 0 Å². The van der Waals surface area contributed by atoms with Crippen LogP contribution in [0.4, 0.5) is 0 Å². The van der Waals surface area contributed by atoms with Crippen LogP contribution >= 0.6 is 0 Å². The van der Waals surface area contributed by atoms with Gasteiger partial charge in [0.2, 0.25) is 10.0 Å². The molecule has 8 nitrogen and oxygen atoms in total. The van der Waals surface area contributed by atoms with Crippen LogP contribution in [0.15, 0.2) is 34.2 Å². The average molecular weight is 356 g/mol. The molecule has 24 heavy (non-hydrogen) atoms. The number of esters is 1. The second-order valence-corrected chi connectivity index (χ2v) is 6.86. The minimum atomic E-state index is -3.83. The zero-order valence-corrected chi connectivity index (χ0v) is 14.7. The second kappa shape index (κ2) is 9.24. The van der Waals surface area contributed by atoms with Gasteiger partial charge in [-0.05, 0) is 37.0 Å². The third-order valence-electron chi connectivity index (χ3n) is 3.37. The molecule has 0 spiro atoms. The molecule has 0 heterocycles. The lowest BCUT2D eigenvalue weighted by atomic mass is 10.2. The fraction of sp³-hybridized carbons (Fsp3) is 0.467. The summed E-state index contributed by atoms with van der Waals surface area (Å²) in [6.45, 7) is 2.27. The molecule has 0 aliphatic carbocycles. The number of benzene rings is 1. The number of carbonyl (C=O) groups excluding carboxylic acids is 1. The van der Waals surface area contributed by atoms with Gasteiger partial charge in [0, 0.05) is 6.54 Å². The number of hydrogen-bond acceptors (Lipinski definition) is 5. The molecule has 0 saturated heterocycles. The van der Waals surface area contributed by atoms with Crippen LogP contribution in [0.2, 0.25) is 0 Å². The van der Waals surface area contributed by atoms with Gasteiger partial charge in [-0.25, -0.2) is 8.42 Å². The van der Waals surface area contributed by atoms with Crippen molar-refractivity contribution in [1.82, 2.24) is 4.72 Å². The van der Waals surface area contributed by atoms with E-state index in [9.17, 15) is 13.2 Å². The molecule has 0 radical (unpaired) electrons. The van der Waals surface area contributed by atoms with E-state index in [0.717, 1.165) is 12.0 Å². The van der Waals surface area contributed by atoms with Crippen molar-refractivity contribution in [2.75, 3.05) is 13.7 Å². The molecule has 0 aliphatic heterocycles. The van der Waals surface area contributed by atoms with E-state index in [1.807, 2.05) is 6.92 Å². The Hall–Kier alpha value is -2.13. The van der Waals surface area contributed by atoms with Crippen molar-refractivity contribution in [3.8, 4) is 0 Å². The maximum atomic E-state index is 12.4. The van der Waals surface area contributed by atoms with Crippen LogP contribution in [0.1, 0.15) is 25.3 Å². The smallest absolute Gasteiger partial charge is 0.323 e. The Bertz CT molecular complexity index is 667. The summed E-state index contributed by atoms with van der Waals surface area (Å²) in [7, 11) is -2.63. The summed E-state index contributed by atoms with van der Waals surface area (Å²) in [4.78, 5) is 15.7. The van der Waals surface area contributed by atoms with Crippen LogP contribution < -0.4 is 16.2 Å². The van der Waals surface area contributed by atoms with Crippen molar-refractivity contribution in [1.29, 1.82) is 0 Å². The first-order valence-electron chi connectivity index (χ1n) is 7.54. The number of nitrogens with zero attached hydrogens (tertiary/aromatic N) is 1. The highest BCUT2D eigenvalue weighted by Crippen LogP contribution is 2.13. The molecule has 1 aromatic rings. The van der Waals surface area contributed by atoms with Gasteiger partial charge in [0.1, 0.15) is 6.04 Å². The Labute approximate surface area is 142 Å². The summed E-state index contributed by atoms with van der Waals surface area (Å²) in [6.07, 6.45) is 1.45. The van der Waals surface area contributed by atoms with E-state index in [-0.39, 0.29) is 17.3 Å². The maximum absolute atomic E-state index is 12.4. The first-order valence-corrected chi connectivity index (χ1v) is 9.03. The normalized spacial score (nSPS) is 12.4. The number of aliphatic imine (C=N–C) groups is 1. The molecule has 0 amide bonds. The highest BCUT2D eigenvalue weighted by molar-refractivity contribution is 7.89. The summed E-state index contributed by atoms with van der Waals surface area (Å²) in [5.74, 6) is -0.713. The van der Waals surface area contributed by atoms with Crippen LogP contribution in [-0.2, 0) is 26.0 Å². The topological polar surface area (TPSA) is 137 Å². The number of sulfonamides is 1. The molecule has 0 unspecified atom stereocenters. The predicted octanol–water partition coefficient (Wildman–Crippen LogP) is 0.123. The van der Waals surface area contributed by atoms with E-state index < -0.39 is 22.0 Å². The third kappa shape index (κ3) is 6.17. The third-order valence-corrected chi connectivity index (χ3v) is 4.86. The molecular weight excluding hydrogens is 332 g/mol. The van der Waals surface area contributed by atoms with Gasteiger partial charge in [-0.2, -0.15) is 4.72 Å². The fourth-order valence-electron chi connectivity index (χ4n) is 2.03. The predicted molar refractivity (Wildman–Crippen MR) is 91.9 cm³/mol. The molecule has 1 rings (SSSR count). The number of guanidine groups is 1. The minimum absolute atomic E-state index is 0.0544. The largest absolute Gasteiger partial charge is 0.468 e. The fourth-order valence-corrected chi connectivity index (χ4v) is 3.25. The molecule has 0 bridgehead atoms. The van der Waals surface area contributed by atoms with Crippen molar-refractivity contribution in [2.45, 2.75) is 37.1 Å². The van der Waals surface area contributed by atoms with Crippen LogP contribution in [0, 0.1) is 0 Å². The second-order valence-electron chi connectivity index (χ2n) is 5.14. The number of methoxy groups -OCH3 is 1. The van der Waals surface area contributed by atoms with E-state index >= 15 is 0 Å². The molecule has 134 valence electrons. The van der Waals surface area contributed by atoms with Gasteiger partial charge < -0.3 is 16.2 Å². The number of rotatable bonds is 9. The average Bonchev–Trinajstić information content (AvgIpc) is 2.56. The molecular formula is C15H24N4O4S. The molecule has 1 aromatic carbocycles. The molecule has 0 saturated carbocycles. The van der Waals surface area contributed by atoms with Gasteiger partial charge >= 0.3 is 5.97 Å². The number of carbonyl (C=O) groups is 1. The Morgan fingerprint density at radius 1 is 1.29 bits per heavy atom. The summed E-state index contributed by atoms with van der Waals surface area (Å²) < 4.78 is 31.9. The lowest BCUT2D eigenvalue weighted by molar-refractivity contribution is -0.142. The number of nitrogens with two attached hydrogens (primary N) is 2. The Morgan fingerprint density at radius 2 is 1.92 bits per heavy atom. The van der Waals surface area contributed by atoms with Crippen LogP contribution in [0.25, 0.3) is 0 Å². The van der Waals surface area contributed by atoms with Crippen LogP contribution in [-0.4, -0.2) is 40.0 Å². The van der Waals surface area contributed by atoms with E-state index in [0.29, 0.717) is 13.0 Å². The van der Waals surface area contributed by atoms with Gasteiger partial charge in [-0.15, -0.1) is 0 Å². The maximum Gasteiger partial charge on any atom is 0.323 e. The zero-order valence-electron chi connectivity index (χ0n) is 13.9. The minimum Gasteiger partial charge on any atom is -0.468 e. The van der Waals surface area contributed by atoms with Gasteiger partial charge in [0.05, 0.1) is 12.0 Å². The first-order chi connectivity index (χ1) is 11.3. The Morgan fingerprint density at radius 3 is 2.42 bits per heavy atom. The van der Waals surface area contributed by atoms with Crippen molar-refractivity contribution < 1.29 is 17.9 Å². The van der Waals surface area contributed by atoms with Gasteiger partial charge in [-0.3, -0.25) is 9.79 Å². The van der Waals surface area contributed by atoms with Crippen molar-refractivity contribution in [3.05, 3.63) is 29.8 Å². The molecule has 9 heteroatoms. The lowest BCUT2D eigenvalue weighted by Gasteiger charge is -2.16. The monoisotopic (exact) mass is 356 g/mol. The number of ether oxygens (including phenoxy) is 1. The number of nitrogens with one attached hydrogen (secondary N) is 1. The molecule has 1 atom stereocenters. The Balaban J connectivity index is 2.82. The molecule has 0 aliphatic rings. The zero-order chi connectivity index (χ0) is 18.2. The quantitative estimate of drug-likeness (QED) is 0.249. The number of aryl methyl sites for hydroxylation is 1. The molecule has 0 fully saturated rings. The van der Waals surface area contributed by atoms with Crippen molar-refractivity contribution in [2.24, 2.45) is 16.5 Å². The number of hydrogen-bond donors (Lipinski definition) is 3. The van der Waals surface area contributed by atoms with Crippen LogP contribution in [0.5, 0.6) is 0 Å². The van der Waals surface area contributed by atoms with Gasteiger partial charge in [0.15, 0.2) is 5.96 Å². The summed E-state index contributed by atoms with van der Waals surface area (Å²) >= 11 is 0. The SMILES string of the molecule is CCc1ccc(S(=O)(=O)N[C@@H](CCCN=C(N)N)C(=O)OC)cc1. The van der Waals surface area contributed by atoms with E-state index in [2.05, 4.69) is 14.5 Å². The first kappa shape index (κ1) is 19.9. The van der Waals surface area contributed by atoms with Crippen LogP contribution in [0.3, 0.4) is 0 Å². The summed E-state index contributed by atoms with van der Waals surface area (Å²) in [5, 5.41) is 0. The summed E-state index contributed by atoms with van der Waals surface area (Å²) in [5.41, 5.74) is 11.5. The van der Waals surface area contributed by atoms with E-state index in [1.54, 1.807) is 12.1 Å². The van der Waals surface area contributed by atoms with Crippen molar-refractivity contribution in [3.63, 3.8) is 0 Å². The van der Waals surface area contributed by atoms with Gasteiger partial charge in [-0.1, -0.05) is 19.1 Å². The van der Waals surface area contributed by atoms with E-state index in [4.69, 9.17) is 11.5 Å². The molecule has 0 aromatic heterocycles. The summed E-state index contributed by atoms with van der Waals surface area (Å²) in [6, 6.07) is 5.49. The molecule has 5 N–H and O–H groups in total. The lowest BCUT2D eigenvalue weighted by Crippen LogP contribution is -2.41.